The Balaban J connectivity index is 4.19. The zero-order chi connectivity index (χ0) is 11.2. The molecule has 0 aromatic heterocycles. The first-order valence-corrected chi connectivity index (χ1v) is 5.72. The molecule has 0 aliphatic heterocycles. The SMILES string of the molecule is CCC(C)CC(C)C(C)(C)C=CCO. The van der Waals surface area contributed by atoms with Crippen molar-refractivity contribution in [1.29, 1.82) is 0 Å². The fourth-order valence-electron chi connectivity index (χ4n) is 1.59. The molecule has 0 aromatic carbocycles. The molecular formula is C13H26O. The summed E-state index contributed by atoms with van der Waals surface area (Å²) in [5.41, 5.74) is 0.201. The largest absolute Gasteiger partial charge is 0.392 e. The molecule has 0 amide bonds. The van der Waals surface area contributed by atoms with Crippen molar-refractivity contribution >= 4 is 0 Å². The first-order valence-electron chi connectivity index (χ1n) is 5.72. The second-order valence-corrected chi connectivity index (χ2v) is 5.06. The molecule has 1 N–H and O–H groups in total. The van der Waals surface area contributed by atoms with Crippen molar-refractivity contribution in [1.82, 2.24) is 0 Å². The van der Waals surface area contributed by atoms with Crippen LogP contribution in [0.1, 0.15) is 47.5 Å². The molecule has 0 bridgehead atoms. The molecule has 0 saturated heterocycles. The van der Waals surface area contributed by atoms with E-state index in [-0.39, 0.29) is 12.0 Å². The van der Waals surface area contributed by atoms with Crippen LogP contribution in [0.15, 0.2) is 12.2 Å². The summed E-state index contributed by atoms with van der Waals surface area (Å²) in [5, 5.41) is 8.75. The van der Waals surface area contributed by atoms with Crippen molar-refractivity contribution in [2.75, 3.05) is 6.61 Å². The van der Waals surface area contributed by atoms with Crippen molar-refractivity contribution in [3.05, 3.63) is 12.2 Å². The van der Waals surface area contributed by atoms with Gasteiger partial charge >= 0.3 is 0 Å². The van der Waals surface area contributed by atoms with Crippen LogP contribution in [0.4, 0.5) is 0 Å². The van der Waals surface area contributed by atoms with Gasteiger partial charge in [-0.2, -0.15) is 0 Å². The van der Waals surface area contributed by atoms with Crippen LogP contribution < -0.4 is 0 Å². The van der Waals surface area contributed by atoms with Gasteiger partial charge in [-0.25, -0.2) is 0 Å². The Morgan fingerprint density at radius 1 is 1.29 bits per heavy atom. The highest BCUT2D eigenvalue weighted by molar-refractivity contribution is 4.97. The van der Waals surface area contributed by atoms with Gasteiger partial charge in [-0.15, -0.1) is 0 Å². The van der Waals surface area contributed by atoms with Crippen LogP contribution in [0.3, 0.4) is 0 Å². The van der Waals surface area contributed by atoms with Crippen LogP contribution in [0.25, 0.3) is 0 Å². The molecule has 84 valence electrons. The van der Waals surface area contributed by atoms with E-state index in [0.717, 1.165) is 5.92 Å². The van der Waals surface area contributed by atoms with Gasteiger partial charge in [0.05, 0.1) is 6.61 Å². The Kier molecular flexibility index (Phi) is 6.10. The average Bonchev–Trinajstić information content (AvgIpc) is 2.14. The predicted octanol–water partition coefficient (Wildman–Crippen LogP) is 3.63. The molecule has 0 aliphatic carbocycles. The summed E-state index contributed by atoms with van der Waals surface area (Å²) in [7, 11) is 0. The maximum Gasteiger partial charge on any atom is 0.0612 e. The van der Waals surface area contributed by atoms with Gasteiger partial charge in [0.15, 0.2) is 0 Å². The third-order valence-corrected chi connectivity index (χ3v) is 3.38. The van der Waals surface area contributed by atoms with E-state index in [1.807, 2.05) is 6.08 Å². The minimum Gasteiger partial charge on any atom is -0.392 e. The molecule has 1 nitrogen and oxygen atoms in total. The van der Waals surface area contributed by atoms with Crippen LogP contribution >= 0.6 is 0 Å². The summed E-state index contributed by atoms with van der Waals surface area (Å²) in [6.45, 7) is 11.5. The first-order chi connectivity index (χ1) is 6.44. The smallest absolute Gasteiger partial charge is 0.0612 e. The fraction of sp³-hybridized carbons (Fsp3) is 0.846. The van der Waals surface area contributed by atoms with Gasteiger partial charge in [0.1, 0.15) is 0 Å². The minimum absolute atomic E-state index is 0.152. The Morgan fingerprint density at radius 2 is 1.86 bits per heavy atom. The van der Waals surface area contributed by atoms with E-state index >= 15 is 0 Å². The molecule has 0 spiro atoms. The normalized spacial score (nSPS) is 17.3. The van der Waals surface area contributed by atoms with Gasteiger partial charge in [-0.1, -0.05) is 53.2 Å². The van der Waals surface area contributed by atoms with E-state index in [4.69, 9.17) is 5.11 Å². The second-order valence-electron chi connectivity index (χ2n) is 5.06. The molecule has 0 rings (SSSR count). The lowest BCUT2D eigenvalue weighted by molar-refractivity contribution is 0.249. The van der Waals surface area contributed by atoms with Crippen molar-refractivity contribution < 1.29 is 5.11 Å². The van der Waals surface area contributed by atoms with Crippen LogP contribution in [0.5, 0.6) is 0 Å². The van der Waals surface area contributed by atoms with Crippen molar-refractivity contribution in [2.45, 2.75) is 47.5 Å². The zero-order valence-electron chi connectivity index (χ0n) is 10.4. The molecule has 0 heterocycles. The lowest BCUT2D eigenvalue weighted by Gasteiger charge is -2.30. The van der Waals surface area contributed by atoms with E-state index < -0.39 is 0 Å². The summed E-state index contributed by atoms with van der Waals surface area (Å²) in [5.74, 6) is 1.46. The number of allylic oxidation sites excluding steroid dienone is 1. The highest BCUT2D eigenvalue weighted by Crippen LogP contribution is 2.33. The third-order valence-electron chi connectivity index (χ3n) is 3.38. The molecule has 2 unspecified atom stereocenters. The summed E-state index contributed by atoms with van der Waals surface area (Å²) < 4.78 is 0. The number of hydrogen-bond acceptors (Lipinski definition) is 1. The third kappa shape index (κ3) is 4.80. The van der Waals surface area contributed by atoms with E-state index in [2.05, 4.69) is 40.7 Å². The Labute approximate surface area is 89.2 Å². The van der Waals surface area contributed by atoms with Crippen LogP contribution in [-0.2, 0) is 0 Å². The Hall–Kier alpha value is -0.300. The zero-order valence-corrected chi connectivity index (χ0v) is 10.4. The topological polar surface area (TPSA) is 20.2 Å². The molecule has 0 saturated carbocycles. The number of aliphatic hydroxyl groups excluding tert-OH is 1. The van der Waals surface area contributed by atoms with Crippen LogP contribution in [0.2, 0.25) is 0 Å². The van der Waals surface area contributed by atoms with E-state index in [1.165, 1.54) is 12.8 Å². The van der Waals surface area contributed by atoms with Gasteiger partial charge in [0, 0.05) is 0 Å². The quantitative estimate of drug-likeness (QED) is 0.646. The van der Waals surface area contributed by atoms with E-state index in [9.17, 15) is 0 Å². The highest BCUT2D eigenvalue weighted by Gasteiger charge is 2.23. The molecule has 0 radical (unpaired) electrons. The van der Waals surface area contributed by atoms with Crippen molar-refractivity contribution in [3.63, 3.8) is 0 Å². The van der Waals surface area contributed by atoms with Crippen LogP contribution in [-0.4, -0.2) is 11.7 Å². The second kappa shape index (κ2) is 6.23. The molecular weight excluding hydrogens is 172 g/mol. The van der Waals surface area contributed by atoms with Crippen molar-refractivity contribution in [2.24, 2.45) is 17.3 Å². The summed E-state index contributed by atoms with van der Waals surface area (Å²) in [4.78, 5) is 0. The molecule has 0 aliphatic rings. The first kappa shape index (κ1) is 13.7. The van der Waals surface area contributed by atoms with Crippen LogP contribution in [0, 0.1) is 17.3 Å². The van der Waals surface area contributed by atoms with Gasteiger partial charge in [0.2, 0.25) is 0 Å². The molecule has 2 atom stereocenters. The number of rotatable bonds is 6. The highest BCUT2D eigenvalue weighted by atomic mass is 16.2. The lowest BCUT2D eigenvalue weighted by atomic mass is 9.75. The molecule has 0 fully saturated rings. The molecule has 1 heteroatoms. The maximum atomic E-state index is 8.75. The number of aliphatic hydroxyl groups is 1. The fourth-order valence-corrected chi connectivity index (χ4v) is 1.59. The standard InChI is InChI=1S/C13H26O/c1-6-11(2)10-12(3)13(4,5)8-7-9-14/h7-8,11-12,14H,6,9-10H2,1-5H3. The summed E-state index contributed by atoms with van der Waals surface area (Å²) in [6.07, 6.45) is 6.51. The minimum atomic E-state index is 0.152. The lowest BCUT2D eigenvalue weighted by Crippen LogP contribution is -2.21. The van der Waals surface area contributed by atoms with Gasteiger partial charge < -0.3 is 5.11 Å². The summed E-state index contributed by atoms with van der Waals surface area (Å²) >= 11 is 0. The number of hydrogen-bond donors (Lipinski definition) is 1. The summed E-state index contributed by atoms with van der Waals surface area (Å²) in [6, 6.07) is 0. The Bertz CT molecular complexity index is 170. The Morgan fingerprint density at radius 3 is 2.29 bits per heavy atom. The molecule has 0 aromatic rings. The van der Waals surface area contributed by atoms with Gasteiger partial charge in [-0.3, -0.25) is 0 Å². The van der Waals surface area contributed by atoms with Crippen molar-refractivity contribution in [3.8, 4) is 0 Å². The van der Waals surface area contributed by atoms with Gasteiger partial charge in [0.25, 0.3) is 0 Å². The molecule has 14 heavy (non-hydrogen) atoms. The average molecular weight is 198 g/mol. The van der Waals surface area contributed by atoms with E-state index in [1.54, 1.807) is 0 Å². The maximum absolute atomic E-state index is 8.75. The van der Waals surface area contributed by atoms with E-state index in [0.29, 0.717) is 5.92 Å². The van der Waals surface area contributed by atoms with Gasteiger partial charge in [-0.05, 0) is 23.7 Å². The monoisotopic (exact) mass is 198 g/mol. The predicted molar refractivity (Wildman–Crippen MR) is 63.2 cm³/mol.